The van der Waals surface area contributed by atoms with Gasteiger partial charge in [-0.3, -0.25) is 4.79 Å². The second-order valence-corrected chi connectivity index (χ2v) is 5.73. The molecule has 108 valence electrons. The maximum atomic E-state index is 12.6. The summed E-state index contributed by atoms with van der Waals surface area (Å²) in [5.74, 6) is 0.740. The molecular weight excluding hydrogens is 246 g/mol. The predicted molar refractivity (Wildman–Crippen MR) is 83.2 cm³/mol. The molecule has 0 saturated heterocycles. The molecule has 1 amide bonds. The van der Waals surface area contributed by atoms with Gasteiger partial charge in [-0.15, -0.1) is 0 Å². The van der Waals surface area contributed by atoms with Crippen molar-refractivity contribution in [3.05, 3.63) is 48.0 Å². The quantitative estimate of drug-likeness (QED) is 0.711. The first-order valence-corrected chi connectivity index (χ1v) is 7.70. The van der Waals surface area contributed by atoms with Crippen LogP contribution in [0.1, 0.15) is 45.1 Å². The second-order valence-electron chi connectivity index (χ2n) is 5.73. The van der Waals surface area contributed by atoms with Crippen molar-refractivity contribution in [2.45, 2.75) is 52.1 Å². The number of carbonyl (C=O) groups excluding carboxylic acids is 1. The highest BCUT2D eigenvalue weighted by molar-refractivity contribution is 5.77. The highest BCUT2D eigenvalue weighted by Gasteiger charge is 2.22. The zero-order valence-electron chi connectivity index (χ0n) is 12.6. The van der Waals surface area contributed by atoms with Crippen LogP contribution in [0.2, 0.25) is 0 Å². The van der Waals surface area contributed by atoms with E-state index in [1.807, 2.05) is 23.1 Å². The Morgan fingerprint density at radius 1 is 1.35 bits per heavy atom. The van der Waals surface area contributed by atoms with Gasteiger partial charge in [-0.1, -0.05) is 49.4 Å². The van der Waals surface area contributed by atoms with Gasteiger partial charge in [0.2, 0.25) is 5.91 Å². The zero-order chi connectivity index (χ0) is 14.4. The number of carbonyl (C=O) groups is 1. The molecular formula is C18H25NO. The number of benzene rings is 1. The van der Waals surface area contributed by atoms with Crippen molar-refractivity contribution in [1.29, 1.82) is 0 Å². The first-order valence-electron chi connectivity index (χ1n) is 7.70. The lowest BCUT2D eigenvalue weighted by Crippen LogP contribution is -2.38. The van der Waals surface area contributed by atoms with Crippen molar-refractivity contribution >= 4 is 5.91 Å². The van der Waals surface area contributed by atoms with E-state index in [1.165, 1.54) is 5.56 Å². The van der Waals surface area contributed by atoms with Crippen LogP contribution in [0.3, 0.4) is 0 Å². The summed E-state index contributed by atoms with van der Waals surface area (Å²) in [4.78, 5) is 14.6. The van der Waals surface area contributed by atoms with Crippen LogP contribution in [-0.4, -0.2) is 16.8 Å². The molecule has 0 heterocycles. The third-order valence-electron chi connectivity index (χ3n) is 4.19. The molecule has 1 aliphatic rings. The highest BCUT2D eigenvalue weighted by Crippen LogP contribution is 2.23. The average Bonchev–Trinajstić information content (AvgIpc) is 2.98. The van der Waals surface area contributed by atoms with Gasteiger partial charge in [-0.05, 0) is 37.7 Å². The lowest BCUT2D eigenvalue weighted by Gasteiger charge is -2.29. The fourth-order valence-electron chi connectivity index (χ4n) is 2.70. The highest BCUT2D eigenvalue weighted by atomic mass is 16.2. The van der Waals surface area contributed by atoms with Crippen molar-refractivity contribution in [2.75, 3.05) is 0 Å². The Hall–Kier alpha value is -1.57. The number of hydrogen-bond acceptors (Lipinski definition) is 1. The van der Waals surface area contributed by atoms with E-state index in [0.717, 1.165) is 25.8 Å². The van der Waals surface area contributed by atoms with Crippen LogP contribution >= 0.6 is 0 Å². The lowest BCUT2D eigenvalue weighted by molar-refractivity contribution is -0.134. The van der Waals surface area contributed by atoms with Gasteiger partial charge in [0, 0.05) is 19.0 Å². The monoisotopic (exact) mass is 271 g/mol. The fraction of sp³-hybridized carbons (Fsp3) is 0.500. The van der Waals surface area contributed by atoms with Crippen molar-refractivity contribution in [3.63, 3.8) is 0 Å². The summed E-state index contributed by atoms with van der Waals surface area (Å²) in [6.07, 6.45) is 8.32. The number of nitrogens with zero attached hydrogens (tertiary/aromatic N) is 1. The van der Waals surface area contributed by atoms with Crippen LogP contribution in [0, 0.1) is 5.92 Å². The van der Waals surface area contributed by atoms with E-state index in [4.69, 9.17) is 0 Å². The molecule has 2 unspecified atom stereocenters. The van der Waals surface area contributed by atoms with Gasteiger partial charge in [0.1, 0.15) is 0 Å². The summed E-state index contributed by atoms with van der Waals surface area (Å²) >= 11 is 0. The van der Waals surface area contributed by atoms with E-state index in [1.54, 1.807) is 0 Å². The largest absolute Gasteiger partial charge is 0.336 e. The van der Waals surface area contributed by atoms with E-state index < -0.39 is 0 Å². The van der Waals surface area contributed by atoms with Crippen molar-refractivity contribution in [2.24, 2.45) is 5.92 Å². The molecule has 2 atom stereocenters. The molecule has 0 N–H and O–H groups in total. The molecule has 0 bridgehead atoms. The van der Waals surface area contributed by atoms with Crippen LogP contribution in [0.5, 0.6) is 0 Å². The Balaban J connectivity index is 2.02. The molecule has 2 rings (SSSR count). The number of amides is 1. The SMILES string of the molecule is CCC(C)N(Cc1ccccc1)C(=O)CC1C=CCC1. The maximum absolute atomic E-state index is 12.6. The fourth-order valence-corrected chi connectivity index (χ4v) is 2.70. The van der Waals surface area contributed by atoms with E-state index in [2.05, 4.69) is 38.1 Å². The molecule has 2 nitrogen and oxygen atoms in total. The second kappa shape index (κ2) is 7.28. The van der Waals surface area contributed by atoms with E-state index in [9.17, 15) is 4.79 Å². The molecule has 2 heteroatoms. The Kier molecular flexibility index (Phi) is 5.40. The summed E-state index contributed by atoms with van der Waals surface area (Å²) in [5, 5.41) is 0. The van der Waals surface area contributed by atoms with Gasteiger partial charge >= 0.3 is 0 Å². The number of rotatable bonds is 6. The van der Waals surface area contributed by atoms with Crippen LogP contribution in [-0.2, 0) is 11.3 Å². The number of hydrogen-bond donors (Lipinski definition) is 0. The Labute approximate surface area is 122 Å². The van der Waals surface area contributed by atoms with E-state index in [-0.39, 0.29) is 0 Å². The minimum atomic E-state index is 0.291. The third-order valence-corrected chi connectivity index (χ3v) is 4.19. The van der Waals surface area contributed by atoms with Crippen molar-refractivity contribution in [1.82, 2.24) is 4.90 Å². The van der Waals surface area contributed by atoms with Crippen LogP contribution < -0.4 is 0 Å². The molecule has 0 fully saturated rings. The standard InChI is InChI=1S/C18H25NO/c1-3-15(2)19(14-17-11-5-4-6-12-17)18(20)13-16-9-7-8-10-16/h4-7,9,11-12,15-16H,3,8,10,13-14H2,1-2H3. The van der Waals surface area contributed by atoms with Gasteiger partial charge in [0.25, 0.3) is 0 Å². The minimum Gasteiger partial charge on any atom is -0.336 e. The van der Waals surface area contributed by atoms with Gasteiger partial charge in [-0.2, -0.15) is 0 Å². The molecule has 0 spiro atoms. The van der Waals surface area contributed by atoms with Crippen LogP contribution in [0.4, 0.5) is 0 Å². The van der Waals surface area contributed by atoms with Crippen LogP contribution in [0.25, 0.3) is 0 Å². The summed E-state index contributed by atoms with van der Waals surface area (Å²) in [5.41, 5.74) is 1.21. The first-order chi connectivity index (χ1) is 9.70. The zero-order valence-corrected chi connectivity index (χ0v) is 12.6. The van der Waals surface area contributed by atoms with E-state index in [0.29, 0.717) is 24.3 Å². The van der Waals surface area contributed by atoms with Crippen LogP contribution in [0.15, 0.2) is 42.5 Å². The predicted octanol–water partition coefficient (Wildman–Crippen LogP) is 4.17. The molecule has 1 aromatic carbocycles. The Bertz CT molecular complexity index is 452. The Morgan fingerprint density at radius 3 is 2.70 bits per heavy atom. The minimum absolute atomic E-state index is 0.291. The molecule has 0 radical (unpaired) electrons. The smallest absolute Gasteiger partial charge is 0.223 e. The summed E-state index contributed by atoms with van der Waals surface area (Å²) in [6, 6.07) is 10.6. The number of allylic oxidation sites excluding steroid dienone is 2. The summed E-state index contributed by atoms with van der Waals surface area (Å²) in [6.45, 7) is 5.02. The first kappa shape index (κ1) is 14.8. The molecule has 1 aromatic rings. The molecule has 20 heavy (non-hydrogen) atoms. The summed E-state index contributed by atoms with van der Waals surface area (Å²) in [7, 11) is 0. The van der Waals surface area contributed by atoms with Crippen molar-refractivity contribution in [3.8, 4) is 0 Å². The van der Waals surface area contributed by atoms with Gasteiger partial charge in [0.15, 0.2) is 0 Å². The van der Waals surface area contributed by atoms with Gasteiger partial charge < -0.3 is 4.90 Å². The molecule has 0 aromatic heterocycles. The average molecular weight is 271 g/mol. The molecule has 0 aliphatic heterocycles. The lowest BCUT2D eigenvalue weighted by atomic mass is 10.0. The Morgan fingerprint density at radius 2 is 2.10 bits per heavy atom. The maximum Gasteiger partial charge on any atom is 0.223 e. The van der Waals surface area contributed by atoms with Gasteiger partial charge in [0.05, 0.1) is 0 Å². The molecule has 1 aliphatic carbocycles. The molecule has 0 saturated carbocycles. The van der Waals surface area contributed by atoms with Gasteiger partial charge in [-0.25, -0.2) is 0 Å². The topological polar surface area (TPSA) is 20.3 Å². The van der Waals surface area contributed by atoms with E-state index >= 15 is 0 Å². The van der Waals surface area contributed by atoms with Crippen molar-refractivity contribution < 1.29 is 4.79 Å². The third kappa shape index (κ3) is 3.96. The normalized spacial score (nSPS) is 19.0. The summed E-state index contributed by atoms with van der Waals surface area (Å²) < 4.78 is 0.